The highest BCUT2D eigenvalue weighted by Gasteiger charge is 2.00. The number of halogens is 1. The van der Waals surface area contributed by atoms with Crippen LogP contribution in [0.2, 0.25) is 0 Å². The number of aliphatic imine (C=N–C) groups is 1. The summed E-state index contributed by atoms with van der Waals surface area (Å²) in [6.45, 7) is 10.3. The van der Waals surface area contributed by atoms with Crippen molar-refractivity contribution in [3.05, 3.63) is 0 Å². The van der Waals surface area contributed by atoms with Crippen molar-refractivity contribution in [2.45, 2.75) is 46.5 Å². The fourth-order valence-electron chi connectivity index (χ4n) is 1.72. The second-order valence-corrected chi connectivity index (χ2v) is 5.54. The summed E-state index contributed by atoms with van der Waals surface area (Å²) in [5.74, 6) is 1.25. The normalized spacial score (nSPS) is 11.1. The number of nitrogens with zero attached hydrogens (tertiary/aromatic N) is 1. The predicted octanol–water partition coefficient (Wildman–Crippen LogP) is 2.57. The van der Waals surface area contributed by atoms with Gasteiger partial charge in [0.15, 0.2) is 5.96 Å². The van der Waals surface area contributed by atoms with Crippen molar-refractivity contribution >= 4 is 35.9 Å². The largest absolute Gasteiger partial charge is 0.469 e. The van der Waals surface area contributed by atoms with Crippen LogP contribution in [0.5, 0.6) is 0 Å². The third-order valence-corrected chi connectivity index (χ3v) is 2.84. The van der Waals surface area contributed by atoms with E-state index in [1.165, 1.54) is 7.11 Å². The Balaban J connectivity index is 0. The monoisotopic (exact) mass is 443 g/mol. The van der Waals surface area contributed by atoms with Gasteiger partial charge in [-0.2, -0.15) is 0 Å². The van der Waals surface area contributed by atoms with Crippen LogP contribution < -0.4 is 10.6 Å². The average molecular weight is 443 g/mol. The van der Waals surface area contributed by atoms with E-state index in [9.17, 15) is 4.79 Å². The first-order valence-corrected chi connectivity index (χ1v) is 8.26. The molecule has 0 bridgehead atoms. The minimum Gasteiger partial charge on any atom is -0.469 e. The molecule has 0 fully saturated rings. The van der Waals surface area contributed by atoms with Crippen molar-refractivity contribution in [3.8, 4) is 0 Å². The molecule has 0 atom stereocenters. The van der Waals surface area contributed by atoms with Crippen molar-refractivity contribution in [1.82, 2.24) is 10.6 Å². The standard InChI is InChI=1S/C16H33N3O3.HI/c1-5-17-16(18-10-7-6-9-15(20)21-4)19-11-8-12-22-13-14(2)3;/h14H,5-13H2,1-4H3,(H2,17,18,19);1H. The lowest BCUT2D eigenvalue weighted by Crippen LogP contribution is -2.38. The molecular weight excluding hydrogens is 409 g/mol. The zero-order valence-electron chi connectivity index (χ0n) is 15.0. The molecule has 0 aliphatic heterocycles. The average Bonchev–Trinajstić information content (AvgIpc) is 2.49. The summed E-state index contributed by atoms with van der Waals surface area (Å²) in [4.78, 5) is 15.5. The van der Waals surface area contributed by atoms with E-state index < -0.39 is 0 Å². The molecule has 0 spiro atoms. The van der Waals surface area contributed by atoms with Gasteiger partial charge in [0.05, 0.1) is 7.11 Å². The molecule has 0 rings (SSSR count). The number of guanidine groups is 1. The number of hydrogen-bond donors (Lipinski definition) is 2. The van der Waals surface area contributed by atoms with Crippen LogP contribution in [0.25, 0.3) is 0 Å². The third kappa shape index (κ3) is 17.6. The Kier molecular flexibility index (Phi) is 19.1. The van der Waals surface area contributed by atoms with E-state index >= 15 is 0 Å². The molecule has 7 heteroatoms. The molecule has 138 valence electrons. The number of carbonyl (C=O) groups excluding carboxylic acids is 1. The second kappa shape index (κ2) is 17.8. The Hall–Kier alpha value is -0.570. The van der Waals surface area contributed by atoms with Crippen molar-refractivity contribution in [2.24, 2.45) is 10.9 Å². The highest BCUT2D eigenvalue weighted by Crippen LogP contribution is 1.96. The molecule has 0 saturated carbocycles. The molecule has 23 heavy (non-hydrogen) atoms. The van der Waals surface area contributed by atoms with E-state index in [1.54, 1.807) is 0 Å². The molecule has 0 aliphatic rings. The molecule has 0 aromatic rings. The van der Waals surface area contributed by atoms with Crippen molar-refractivity contribution in [1.29, 1.82) is 0 Å². The van der Waals surface area contributed by atoms with Crippen LogP contribution in [0.4, 0.5) is 0 Å². The predicted molar refractivity (Wildman–Crippen MR) is 106 cm³/mol. The fraction of sp³-hybridized carbons (Fsp3) is 0.875. The zero-order chi connectivity index (χ0) is 16.6. The van der Waals surface area contributed by atoms with Gasteiger partial charge >= 0.3 is 5.97 Å². The lowest BCUT2D eigenvalue weighted by molar-refractivity contribution is -0.140. The van der Waals surface area contributed by atoms with Gasteiger partial charge in [0.2, 0.25) is 0 Å². The number of nitrogens with one attached hydrogen (secondary N) is 2. The van der Waals surface area contributed by atoms with Crippen molar-refractivity contribution in [3.63, 3.8) is 0 Å². The second-order valence-electron chi connectivity index (χ2n) is 5.54. The first-order chi connectivity index (χ1) is 10.6. The maximum Gasteiger partial charge on any atom is 0.305 e. The number of methoxy groups -OCH3 is 1. The maximum atomic E-state index is 11.0. The van der Waals surface area contributed by atoms with E-state index in [2.05, 4.69) is 34.2 Å². The van der Waals surface area contributed by atoms with E-state index in [0.29, 0.717) is 12.3 Å². The Bertz CT molecular complexity index is 313. The Morgan fingerprint density at radius 2 is 1.91 bits per heavy atom. The van der Waals surface area contributed by atoms with E-state index in [4.69, 9.17) is 4.74 Å². The zero-order valence-corrected chi connectivity index (χ0v) is 17.4. The molecule has 0 aromatic heterocycles. The molecule has 0 saturated heterocycles. The van der Waals surface area contributed by atoms with E-state index in [1.807, 2.05) is 6.92 Å². The number of esters is 1. The highest BCUT2D eigenvalue weighted by molar-refractivity contribution is 14.0. The third-order valence-electron chi connectivity index (χ3n) is 2.84. The van der Waals surface area contributed by atoms with Gasteiger partial charge in [-0.1, -0.05) is 13.8 Å². The van der Waals surface area contributed by atoms with Crippen molar-refractivity contribution in [2.75, 3.05) is 40.0 Å². The SMILES string of the molecule is CCNC(=NCCCOCC(C)C)NCCCCC(=O)OC.I. The molecule has 0 aromatic carbocycles. The first kappa shape index (κ1) is 24.7. The molecule has 6 nitrogen and oxygen atoms in total. The summed E-state index contributed by atoms with van der Waals surface area (Å²) in [6, 6.07) is 0. The van der Waals surface area contributed by atoms with E-state index in [0.717, 1.165) is 58.1 Å². The Morgan fingerprint density at radius 1 is 1.17 bits per heavy atom. The van der Waals surface area contributed by atoms with Crippen LogP contribution in [-0.4, -0.2) is 51.9 Å². The molecule has 2 N–H and O–H groups in total. The van der Waals surface area contributed by atoms with Crippen molar-refractivity contribution < 1.29 is 14.3 Å². The maximum absolute atomic E-state index is 11.0. The van der Waals surface area contributed by atoms with E-state index in [-0.39, 0.29) is 29.9 Å². The van der Waals surface area contributed by atoms with Crippen LogP contribution in [0.1, 0.15) is 46.5 Å². The molecule has 0 unspecified atom stereocenters. The summed E-state index contributed by atoms with van der Waals surface area (Å²) < 4.78 is 10.1. The van der Waals surface area contributed by atoms with Crippen LogP contribution in [0, 0.1) is 5.92 Å². The molecule has 0 amide bonds. The van der Waals surface area contributed by atoms with Gasteiger partial charge < -0.3 is 20.1 Å². The van der Waals surface area contributed by atoms with Gasteiger partial charge in [0.1, 0.15) is 0 Å². The number of hydrogen-bond acceptors (Lipinski definition) is 4. The number of rotatable bonds is 12. The molecule has 0 aliphatic carbocycles. The minimum absolute atomic E-state index is 0. The number of ether oxygens (including phenoxy) is 2. The van der Waals surface area contributed by atoms with Gasteiger partial charge in [-0.25, -0.2) is 0 Å². The topological polar surface area (TPSA) is 72.0 Å². The van der Waals surface area contributed by atoms with Crippen LogP contribution >= 0.6 is 24.0 Å². The Morgan fingerprint density at radius 3 is 2.52 bits per heavy atom. The lowest BCUT2D eigenvalue weighted by Gasteiger charge is -2.11. The molecule has 0 heterocycles. The van der Waals surface area contributed by atoms with Gasteiger partial charge in [0.25, 0.3) is 0 Å². The summed E-state index contributed by atoms with van der Waals surface area (Å²) >= 11 is 0. The minimum atomic E-state index is -0.151. The van der Waals surface area contributed by atoms with Crippen LogP contribution in [-0.2, 0) is 14.3 Å². The fourth-order valence-corrected chi connectivity index (χ4v) is 1.72. The number of unbranched alkanes of at least 4 members (excludes halogenated alkanes) is 1. The van der Waals surface area contributed by atoms with Gasteiger partial charge in [0, 0.05) is 39.3 Å². The molecule has 0 radical (unpaired) electrons. The lowest BCUT2D eigenvalue weighted by atomic mass is 10.2. The highest BCUT2D eigenvalue weighted by atomic mass is 127. The first-order valence-electron chi connectivity index (χ1n) is 8.26. The van der Waals surface area contributed by atoms with Gasteiger partial charge in [-0.3, -0.25) is 9.79 Å². The summed E-state index contributed by atoms with van der Waals surface area (Å²) in [5.41, 5.74) is 0. The summed E-state index contributed by atoms with van der Waals surface area (Å²) in [5, 5.41) is 6.48. The number of carbonyl (C=O) groups is 1. The van der Waals surface area contributed by atoms with Crippen LogP contribution in [0.3, 0.4) is 0 Å². The van der Waals surface area contributed by atoms with Gasteiger partial charge in [-0.05, 0) is 32.1 Å². The van der Waals surface area contributed by atoms with Gasteiger partial charge in [-0.15, -0.1) is 24.0 Å². The Labute approximate surface area is 158 Å². The van der Waals surface area contributed by atoms with Crippen LogP contribution in [0.15, 0.2) is 4.99 Å². The quantitative estimate of drug-likeness (QED) is 0.160. The smallest absolute Gasteiger partial charge is 0.305 e. The molecular formula is C16H34IN3O3. The summed E-state index contributed by atoms with van der Waals surface area (Å²) in [6.07, 6.45) is 3.13. The summed E-state index contributed by atoms with van der Waals surface area (Å²) in [7, 11) is 1.42.